The van der Waals surface area contributed by atoms with E-state index in [0.29, 0.717) is 35.9 Å². The second-order valence-corrected chi connectivity index (χ2v) is 10.0. The van der Waals surface area contributed by atoms with Gasteiger partial charge in [0.2, 0.25) is 12.7 Å². The highest BCUT2D eigenvalue weighted by Gasteiger charge is 2.57. The van der Waals surface area contributed by atoms with Gasteiger partial charge in [0.25, 0.3) is 5.91 Å². The van der Waals surface area contributed by atoms with Crippen LogP contribution in [0.1, 0.15) is 32.6 Å². The number of para-hydroxylation sites is 1. The number of anilines is 1. The standard InChI is InChI=1S/C32H26N2O6/c1-37-23-12-8-20(9-13-23)16-33-30(35)22-10-6-21(7-11-22)17-34-26-5-3-2-4-24(26)32(31(34)36)18-38-27-15-29-28(14-25(27)32)39-19-40-29/h2-15H,16-19H2,1H3,(H,33,35). The molecule has 0 saturated heterocycles. The van der Waals surface area contributed by atoms with E-state index in [1.165, 1.54) is 0 Å². The molecule has 2 amide bonds. The Morgan fingerprint density at radius 2 is 1.60 bits per heavy atom. The zero-order valence-electron chi connectivity index (χ0n) is 21.8. The molecule has 0 saturated carbocycles. The molecule has 0 radical (unpaired) electrons. The van der Waals surface area contributed by atoms with Crippen LogP contribution in [0.4, 0.5) is 5.69 Å². The SMILES string of the molecule is COc1ccc(CNC(=O)c2ccc(CN3C(=O)C4(COc5cc6c(cc54)OCO6)c4ccccc43)cc2)cc1. The van der Waals surface area contributed by atoms with Crippen molar-refractivity contribution >= 4 is 17.5 Å². The molecule has 0 aliphatic carbocycles. The van der Waals surface area contributed by atoms with Gasteiger partial charge in [-0.15, -0.1) is 0 Å². The molecule has 3 aliphatic rings. The highest BCUT2D eigenvalue weighted by Crippen LogP contribution is 2.55. The summed E-state index contributed by atoms with van der Waals surface area (Å²) in [5.41, 5.74) is 4.05. The lowest BCUT2D eigenvalue weighted by Gasteiger charge is -2.23. The summed E-state index contributed by atoms with van der Waals surface area (Å²) in [6.45, 7) is 1.14. The van der Waals surface area contributed by atoms with Crippen molar-refractivity contribution in [1.29, 1.82) is 0 Å². The van der Waals surface area contributed by atoms with Gasteiger partial charge in [-0.2, -0.15) is 0 Å². The Morgan fingerprint density at radius 3 is 2.38 bits per heavy atom. The molecule has 0 bridgehead atoms. The van der Waals surface area contributed by atoms with Crippen LogP contribution >= 0.6 is 0 Å². The summed E-state index contributed by atoms with van der Waals surface area (Å²) >= 11 is 0. The highest BCUT2D eigenvalue weighted by molar-refractivity contribution is 6.11. The van der Waals surface area contributed by atoms with Crippen LogP contribution in [0.15, 0.2) is 84.9 Å². The van der Waals surface area contributed by atoms with Crippen molar-refractivity contribution in [2.45, 2.75) is 18.5 Å². The molecule has 1 atom stereocenters. The predicted octanol–water partition coefficient (Wildman–Crippen LogP) is 4.58. The normalized spacial score (nSPS) is 17.9. The number of amides is 2. The molecule has 1 spiro atoms. The van der Waals surface area contributed by atoms with Gasteiger partial charge in [0.05, 0.1) is 13.7 Å². The number of carbonyl (C=O) groups is 2. The van der Waals surface area contributed by atoms with E-state index in [1.807, 2.05) is 72.8 Å². The van der Waals surface area contributed by atoms with Gasteiger partial charge in [0.1, 0.15) is 23.5 Å². The Bertz CT molecular complexity index is 1630. The van der Waals surface area contributed by atoms with Crippen LogP contribution in [0.3, 0.4) is 0 Å². The Kier molecular flexibility index (Phi) is 5.62. The summed E-state index contributed by atoms with van der Waals surface area (Å²) in [4.78, 5) is 28.7. The van der Waals surface area contributed by atoms with Gasteiger partial charge in [0.15, 0.2) is 11.5 Å². The minimum atomic E-state index is -0.950. The zero-order chi connectivity index (χ0) is 27.3. The summed E-state index contributed by atoms with van der Waals surface area (Å²) in [6.07, 6.45) is 0. The summed E-state index contributed by atoms with van der Waals surface area (Å²) in [5, 5.41) is 2.95. The van der Waals surface area contributed by atoms with Crippen molar-refractivity contribution in [2.75, 3.05) is 25.4 Å². The predicted molar refractivity (Wildman–Crippen MR) is 147 cm³/mol. The molecule has 200 valence electrons. The van der Waals surface area contributed by atoms with Gasteiger partial charge >= 0.3 is 0 Å². The maximum Gasteiger partial charge on any atom is 0.251 e. The lowest BCUT2D eigenvalue weighted by atomic mass is 9.77. The average Bonchev–Trinajstić information content (AvgIpc) is 3.68. The molecule has 4 aromatic rings. The van der Waals surface area contributed by atoms with Crippen molar-refractivity contribution in [3.63, 3.8) is 0 Å². The average molecular weight is 535 g/mol. The molecule has 8 nitrogen and oxygen atoms in total. The number of benzene rings is 4. The van der Waals surface area contributed by atoms with E-state index in [2.05, 4.69) is 5.32 Å². The second-order valence-electron chi connectivity index (χ2n) is 10.0. The van der Waals surface area contributed by atoms with Crippen LogP contribution in [0, 0.1) is 0 Å². The fourth-order valence-electron chi connectivity index (χ4n) is 5.69. The monoisotopic (exact) mass is 534 g/mol. The first-order valence-electron chi connectivity index (χ1n) is 13.1. The van der Waals surface area contributed by atoms with Gasteiger partial charge in [-0.1, -0.05) is 42.5 Å². The largest absolute Gasteiger partial charge is 0.497 e. The van der Waals surface area contributed by atoms with E-state index in [-0.39, 0.29) is 25.2 Å². The lowest BCUT2D eigenvalue weighted by Crippen LogP contribution is -2.42. The minimum absolute atomic E-state index is 0.0485. The van der Waals surface area contributed by atoms with E-state index in [4.69, 9.17) is 18.9 Å². The van der Waals surface area contributed by atoms with E-state index < -0.39 is 5.41 Å². The molecule has 1 N–H and O–H groups in total. The Labute approximate surface area is 231 Å². The summed E-state index contributed by atoms with van der Waals surface area (Å²) in [5.74, 6) is 2.44. The van der Waals surface area contributed by atoms with Crippen LogP contribution < -0.4 is 29.2 Å². The van der Waals surface area contributed by atoms with E-state index in [1.54, 1.807) is 24.1 Å². The number of carbonyl (C=O) groups excluding carboxylic acids is 2. The Morgan fingerprint density at radius 1 is 0.875 bits per heavy atom. The fourth-order valence-corrected chi connectivity index (χ4v) is 5.69. The quantitative estimate of drug-likeness (QED) is 0.390. The van der Waals surface area contributed by atoms with Gasteiger partial charge < -0.3 is 29.2 Å². The maximum atomic E-state index is 14.2. The number of hydrogen-bond acceptors (Lipinski definition) is 6. The van der Waals surface area contributed by atoms with Crippen molar-refractivity contribution in [1.82, 2.24) is 5.32 Å². The number of nitrogens with one attached hydrogen (secondary N) is 1. The molecular formula is C32H26N2O6. The highest BCUT2D eigenvalue weighted by atomic mass is 16.7. The van der Waals surface area contributed by atoms with Gasteiger partial charge in [0, 0.05) is 29.4 Å². The number of nitrogens with zero attached hydrogens (tertiary/aromatic N) is 1. The molecule has 3 heterocycles. The third-order valence-electron chi connectivity index (χ3n) is 7.81. The van der Waals surface area contributed by atoms with Crippen LogP contribution in [0.5, 0.6) is 23.0 Å². The maximum absolute atomic E-state index is 14.2. The number of rotatable bonds is 6. The molecule has 0 aromatic heterocycles. The van der Waals surface area contributed by atoms with Crippen LogP contribution in [-0.4, -0.2) is 32.3 Å². The van der Waals surface area contributed by atoms with Crippen LogP contribution in [0.25, 0.3) is 0 Å². The molecule has 1 unspecified atom stereocenters. The summed E-state index contributed by atoms with van der Waals surface area (Å²) in [6, 6.07) is 26.4. The summed E-state index contributed by atoms with van der Waals surface area (Å²) in [7, 11) is 1.62. The summed E-state index contributed by atoms with van der Waals surface area (Å²) < 4.78 is 22.4. The first kappa shape index (κ1) is 24.1. The van der Waals surface area contributed by atoms with Gasteiger partial charge in [-0.3, -0.25) is 9.59 Å². The molecule has 4 aromatic carbocycles. The lowest BCUT2D eigenvalue weighted by molar-refractivity contribution is -0.122. The Hall–Kier alpha value is -4.98. The van der Waals surface area contributed by atoms with Gasteiger partial charge in [-0.25, -0.2) is 0 Å². The van der Waals surface area contributed by atoms with Crippen molar-refractivity contribution in [3.8, 4) is 23.0 Å². The fraction of sp³-hybridized carbons (Fsp3) is 0.188. The van der Waals surface area contributed by atoms with Crippen molar-refractivity contribution in [2.24, 2.45) is 0 Å². The number of ether oxygens (including phenoxy) is 4. The van der Waals surface area contributed by atoms with Gasteiger partial charge in [-0.05, 0) is 53.1 Å². The number of fused-ring (bicyclic) bond motifs is 5. The molecule has 8 heteroatoms. The smallest absolute Gasteiger partial charge is 0.251 e. The van der Waals surface area contributed by atoms with Crippen molar-refractivity contribution in [3.05, 3.63) is 113 Å². The topological polar surface area (TPSA) is 86.3 Å². The zero-order valence-corrected chi connectivity index (χ0v) is 21.8. The van der Waals surface area contributed by atoms with E-state index >= 15 is 0 Å². The molecule has 40 heavy (non-hydrogen) atoms. The number of hydrogen-bond donors (Lipinski definition) is 1. The molecule has 3 aliphatic heterocycles. The molecular weight excluding hydrogens is 508 g/mol. The third kappa shape index (κ3) is 3.75. The second kappa shape index (κ2) is 9.34. The molecule has 7 rings (SSSR count). The Balaban J connectivity index is 1.11. The van der Waals surface area contributed by atoms with Crippen LogP contribution in [-0.2, 0) is 23.3 Å². The first-order chi connectivity index (χ1) is 19.6. The number of methoxy groups -OCH3 is 1. The van der Waals surface area contributed by atoms with Crippen molar-refractivity contribution < 1.29 is 28.5 Å². The third-order valence-corrected chi connectivity index (χ3v) is 7.81. The van der Waals surface area contributed by atoms with E-state index in [9.17, 15) is 9.59 Å². The molecule has 0 fully saturated rings. The van der Waals surface area contributed by atoms with E-state index in [0.717, 1.165) is 33.7 Å². The van der Waals surface area contributed by atoms with Crippen LogP contribution in [0.2, 0.25) is 0 Å². The minimum Gasteiger partial charge on any atom is -0.497 e. The first-order valence-corrected chi connectivity index (χ1v) is 13.1.